The quantitative estimate of drug-likeness (QED) is 0.531. The molecule has 1 fully saturated rings. The summed E-state index contributed by atoms with van der Waals surface area (Å²) in [5.41, 5.74) is 0.981. The van der Waals surface area contributed by atoms with Gasteiger partial charge in [-0.25, -0.2) is 18.3 Å². The van der Waals surface area contributed by atoms with Crippen molar-refractivity contribution in [2.24, 2.45) is 0 Å². The predicted molar refractivity (Wildman–Crippen MR) is 108 cm³/mol. The van der Waals surface area contributed by atoms with Crippen LogP contribution in [-0.2, 0) is 13.1 Å². The van der Waals surface area contributed by atoms with Gasteiger partial charge < -0.3 is 5.32 Å². The summed E-state index contributed by atoms with van der Waals surface area (Å²) in [5, 5.41) is 14.4. The van der Waals surface area contributed by atoms with Crippen LogP contribution in [0.4, 0.5) is 22.0 Å². The van der Waals surface area contributed by atoms with E-state index in [0.717, 1.165) is 17.4 Å². The highest BCUT2D eigenvalue weighted by Crippen LogP contribution is 2.32. The summed E-state index contributed by atoms with van der Waals surface area (Å²) in [6.45, 7) is -0.356. The molecule has 0 aliphatic heterocycles. The van der Waals surface area contributed by atoms with Crippen molar-refractivity contribution < 1.29 is 26.7 Å². The van der Waals surface area contributed by atoms with Crippen LogP contribution in [-0.4, -0.2) is 47.6 Å². The van der Waals surface area contributed by atoms with E-state index in [-0.39, 0.29) is 25.1 Å². The first-order valence-corrected chi connectivity index (χ1v) is 10.5. The van der Waals surface area contributed by atoms with Crippen LogP contribution in [0, 0.1) is 0 Å². The van der Waals surface area contributed by atoms with Gasteiger partial charge in [-0.05, 0) is 12.8 Å². The lowest BCUT2D eigenvalue weighted by molar-refractivity contribution is -0.137. The number of nitrogens with zero attached hydrogens (tertiary/aromatic N) is 6. The van der Waals surface area contributed by atoms with Crippen molar-refractivity contribution in [3.8, 4) is 0 Å². The number of fused-ring (bicyclic) bond motifs is 1. The predicted octanol–water partition coefficient (Wildman–Crippen LogP) is 4.44. The van der Waals surface area contributed by atoms with Crippen LogP contribution in [0.15, 0.2) is 24.7 Å². The summed E-state index contributed by atoms with van der Waals surface area (Å²) in [6, 6.07) is 1.62. The van der Waals surface area contributed by atoms with Gasteiger partial charge in [0.2, 0.25) is 5.92 Å². The molecule has 3 aromatic heterocycles. The van der Waals surface area contributed by atoms with E-state index < -0.39 is 31.0 Å². The Labute approximate surface area is 190 Å². The highest BCUT2D eigenvalue weighted by molar-refractivity contribution is 6.30. The first-order valence-electron chi connectivity index (χ1n) is 10.1. The molecule has 1 amide bonds. The topological polar surface area (TPSA) is 90.0 Å². The molecule has 3 aromatic rings. The number of hydrogen-bond acceptors (Lipinski definition) is 5. The van der Waals surface area contributed by atoms with Gasteiger partial charge in [-0.2, -0.15) is 28.2 Å². The minimum Gasteiger partial charge on any atom is -0.345 e. The summed E-state index contributed by atoms with van der Waals surface area (Å²) in [4.78, 5) is 17.0. The molecule has 8 nitrogen and oxygen atoms in total. The zero-order valence-corrected chi connectivity index (χ0v) is 18.1. The third-order valence-corrected chi connectivity index (χ3v) is 4.92. The molecule has 1 N–H and O–H groups in total. The molecule has 0 saturated heterocycles. The molecule has 0 spiro atoms. The lowest BCUT2D eigenvalue weighted by atomic mass is 9.97. The van der Waals surface area contributed by atoms with Crippen molar-refractivity contribution in [2.45, 2.75) is 63.7 Å². The zero-order valence-electron chi connectivity index (χ0n) is 17.3. The molecule has 0 radical (unpaired) electrons. The molecule has 4 rings (SSSR count). The maximum absolute atomic E-state index is 12.2. The number of nitrogens with one attached hydrogen (secondary N) is 1. The Morgan fingerprint density at radius 2 is 1.88 bits per heavy atom. The fourth-order valence-electron chi connectivity index (χ4n) is 3.05. The standard InChI is InChI=1S/C13H11ClF3N7O.C6H10F2/c14-8-3-11-21-9(7-23(11)19-4-8)5-18-12(25)10-6-20-24(22-10)2-1-13(15,16)17;7-6(8)4-2-1-3-5-6/h3-4,6-7H,1-2,5H2,(H,18,25);1-5H2. The highest BCUT2D eigenvalue weighted by atomic mass is 35.5. The average Bonchev–Trinajstić information content (AvgIpc) is 3.37. The number of hydrogen-bond donors (Lipinski definition) is 1. The number of alkyl halides is 5. The van der Waals surface area contributed by atoms with Crippen LogP contribution in [0.5, 0.6) is 0 Å². The maximum Gasteiger partial charge on any atom is 0.390 e. The van der Waals surface area contributed by atoms with Crippen molar-refractivity contribution in [1.29, 1.82) is 0 Å². The molecule has 0 bridgehead atoms. The Morgan fingerprint density at radius 1 is 1.15 bits per heavy atom. The second-order valence-corrected chi connectivity index (χ2v) is 7.94. The first-order chi connectivity index (χ1) is 15.5. The van der Waals surface area contributed by atoms with E-state index in [4.69, 9.17) is 11.6 Å². The van der Waals surface area contributed by atoms with E-state index in [0.29, 0.717) is 29.2 Å². The number of carbonyl (C=O) groups is 1. The van der Waals surface area contributed by atoms with E-state index in [1.165, 1.54) is 10.7 Å². The lowest BCUT2D eigenvalue weighted by Gasteiger charge is -2.20. The van der Waals surface area contributed by atoms with Crippen molar-refractivity contribution in [1.82, 2.24) is 34.9 Å². The van der Waals surface area contributed by atoms with Crippen LogP contribution in [0.2, 0.25) is 5.02 Å². The number of halogens is 6. The van der Waals surface area contributed by atoms with E-state index >= 15 is 0 Å². The Hall–Kier alpha value is -2.83. The normalized spacial score (nSPS) is 15.7. The van der Waals surface area contributed by atoms with Crippen LogP contribution in [0.25, 0.3) is 5.65 Å². The average molecular weight is 494 g/mol. The van der Waals surface area contributed by atoms with Crippen LogP contribution < -0.4 is 5.32 Å². The van der Waals surface area contributed by atoms with Crippen LogP contribution in [0.3, 0.4) is 0 Å². The summed E-state index contributed by atoms with van der Waals surface area (Å²) < 4.78 is 62.4. The van der Waals surface area contributed by atoms with Gasteiger partial charge >= 0.3 is 6.18 Å². The second-order valence-electron chi connectivity index (χ2n) is 7.50. The number of carbonyl (C=O) groups excluding carboxylic acids is 1. The van der Waals surface area contributed by atoms with Crippen LogP contribution in [0.1, 0.15) is 54.7 Å². The van der Waals surface area contributed by atoms with E-state index in [1.54, 1.807) is 12.3 Å². The van der Waals surface area contributed by atoms with Gasteiger partial charge in [0.05, 0.1) is 48.8 Å². The molecular formula is C19H21ClF5N7O. The fourth-order valence-corrected chi connectivity index (χ4v) is 3.20. The molecule has 1 aliphatic carbocycles. The summed E-state index contributed by atoms with van der Waals surface area (Å²) >= 11 is 5.82. The molecule has 33 heavy (non-hydrogen) atoms. The smallest absolute Gasteiger partial charge is 0.345 e. The maximum atomic E-state index is 12.2. The number of aryl methyl sites for hydroxylation is 1. The lowest BCUT2D eigenvalue weighted by Crippen LogP contribution is -2.23. The van der Waals surface area contributed by atoms with Crippen molar-refractivity contribution in [2.75, 3.05) is 0 Å². The van der Waals surface area contributed by atoms with Gasteiger partial charge in [0.1, 0.15) is 0 Å². The Kier molecular flexibility index (Phi) is 7.82. The van der Waals surface area contributed by atoms with Crippen molar-refractivity contribution in [3.05, 3.63) is 41.1 Å². The van der Waals surface area contributed by atoms with Gasteiger partial charge in [-0.15, -0.1) is 5.10 Å². The monoisotopic (exact) mass is 493 g/mol. The third-order valence-electron chi connectivity index (χ3n) is 4.72. The molecule has 0 aromatic carbocycles. The summed E-state index contributed by atoms with van der Waals surface area (Å²) in [6.07, 6.45) is 1.46. The summed E-state index contributed by atoms with van der Waals surface area (Å²) in [5.74, 6) is -2.89. The minimum atomic E-state index is -4.31. The van der Waals surface area contributed by atoms with E-state index in [2.05, 4.69) is 25.6 Å². The Bertz CT molecular complexity index is 1070. The Morgan fingerprint density at radius 3 is 2.52 bits per heavy atom. The van der Waals surface area contributed by atoms with Crippen molar-refractivity contribution in [3.63, 3.8) is 0 Å². The van der Waals surface area contributed by atoms with E-state index in [1.807, 2.05) is 0 Å². The molecule has 14 heteroatoms. The van der Waals surface area contributed by atoms with Gasteiger partial charge in [0.15, 0.2) is 11.3 Å². The van der Waals surface area contributed by atoms with Crippen LogP contribution >= 0.6 is 11.6 Å². The molecule has 0 atom stereocenters. The zero-order chi connectivity index (χ0) is 24.1. The fraction of sp³-hybridized carbons (Fsp3) is 0.526. The van der Waals surface area contributed by atoms with Crippen molar-refractivity contribution >= 4 is 23.2 Å². The largest absolute Gasteiger partial charge is 0.390 e. The van der Waals surface area contributed by atoms with Gasteiger partial charge in [-0.3, -0.25) is 4.79 Å². The molecular weight excluding hydrogens is 473 g/mol. The van der Waals surface area contributed by atoms with Gasteiger partial charge in [0, 0.05) is 18.9 Å². The Balaban J connectivity index is 0.000000323. The first kappa shape index (κ1) is 24.8. The second kappa shape index (κ2) is 10.4. The number of rotatable bonds is 5. The SMILES string of the molecule is FC1(F)CCCCC1.O=C(NCc1cn2ncc(Cl)cc2n1)c1cnn(CCC(F)(F)F)n1. The molecule has 3 heterocycles. The number of imidazole rings is 1. The third kappa shape index (κ3) is 7.91. The number of amides is 1. The highest BCUT2D eigenvalue weighted by Gasteiger charge is 2.30. The molecule has 1 saturated carbocycles. The van der Waals surface area contributed by atoms with Gasteiger partial charge in [-0.1, -0.05) is 18.0 Å². The summed E-state index contributed by atoms with van der Waals surface area (Å²) in [7, 11) is 0. The molecule has 0 unspecified atom stereocenters. The van der Waals surface area contributed by atoms with Gasteiger partial charge in [0.25, 0.3) is 5.91 Å². The molecule has 1 aliphatic rings. The van der Waals surface area contributed by atoms with E-state index in [9.17, 15) is 26.7 Å². The number of aromatic nitrogens is 6. The minimum absolute atomic E-state index is 0.0768. The molecule has 180 valence electrons.